The summed E-state index contributed by atoms with van der Waals surface area (Å²) in [7, 11) is 0. The van der Waals surface area contributed by atoms with Gasteiger partial charge in [0.2, 0.25) is 0 Å². The molecular weight excluding hydrogens is 222 g/mol. The van der Waals surface area contributed by atoms with Crippen LogP contribution in [-0.2, 0) is 0 Å². The lowest BCUT2D eigenvalue weighted by Gasteiger charge is -2.34. The maximum Gasteiger partial charge on any atom is 0.119 e. The Morgan fingerprint density at radius 3 is 2.72 bits per heavy atom. The zero-order valence-electron chi connectivity index (χ0n) is 11.6. The van der Waals surface area contributed by atoms with Crippen LogP contribution in [-0.4, -0.2) is 19.2 Å². The molecule has 1 aliphatic carbocycles. The molecule has 0 heterocycles. The van der Waals surface area contributed by atoms with E-state index in [0.717, 1.165) is 30.7 Å². The third-order valence-corrected chi connectivity index (χ3v) is 4.23. The summed E-state index contributed by atoms with van der Waals surface area (Å²) in [5, 5.41) is 3.65. The number of nitrogens with one attached hydrogen (secondary N) is 1. The Labute approximate surface area is 111 Å². The summed E-state index contributed by atoms with van der Waals surface area (Å²) in [4.78, 5) is 0. The Bertz CT molecular complexity index is 338. The second-order valence-corrected chi connectivity index (χ2v) is 5.49. The van der Waals surface area contributed by atoms with Crippen LogP contribution < -0.4 is 10.1 Å². The van der Waals surface area contributed by atoms with Gasteiger partial charge in [0.1, 0.15) is 12.4 Å². The molecule has 0 aromatic heterocycles. The predicted molar refractivity (Wildman–Crippen MR) is 75.9 cm³/mol. The van der Waals surface area contributed by atoms with Gasteiger partial charge in [-0.3, -0.25) is 0 Å². The fourth-order valence-electron chi connectivity index (χ4n) is 2.80. The molecule has 1 saturated carbocycles. The van der Waals surface area contributed by atoms with E-state index in [-0.39, 0.29) is 0 Å². The van der Waals surface area contributed by atoms with E-state index in [4.69, 9.17) is 4.74 Å². The Morgan fingerprint density at radius 2 is 1.94 bits per heavy atom. The topological polar surface area (TPSA) is 21.3 Å². The molecule has 1 aromatic carbocycles. The van der Waals surface area contributed by atoms with Crippen molar-refractivity contribution in [3.05, 3.63) is 30.3 Å². The lowest BCUT2D eigenvalue weighted by Crippen LogP contribution is -2.42. The molecular formula is C16H25NO. The first-order valence-electron chi connectivity index (χ1n) is 7.18. The average molecular weight is 247 g/mol. The molecule has 100 valence electrons. The van der Waals surface area contributed by atoms with Gasteiger partial charge in [0.05, 0.1) is 0 Å². The first-order valence-corrected chi connectivity index (χ1v) is 7.18. The molecule has 18 heavy (non-hydrogen) atoms. The van der Waals surface area contributed by atoms with Crippen molar-refractivity contribution in [3.8, 4) is 5.75 Å². The van der Waals surface area contributed by atoms with Gasteiger partial charge in [0, 0.05) is 12.6 Å². The van der Waals surface area contributed by atoms with Crippen LogP contribution in [0.4, 0.5) is 0 Å². The maximum absolute atomic E-state index is 5.70. The van der Waals surface area contributed by atoms with Crippen LogP contribution in [0.5, 0.6) is 5.75 Å². The molecule has 3 unspecified atom stereocenters. The Kier molecular flexibility index (Phi) is 5.06. The van der Waals surface area contributed by atoms with Crippen molar-refractivity contribution in [3.63, 3.8) is 0 Å². The number of ether oxygens (including phenoxy) is 1. The Hall–Kier alpha value is -1.02. The lowest BCUT2D eigenvalue weighted by molar-refractivity contribution is 0.197. The fraction of sp³-hybridized carbons (Fsp3) is 0.625. The largest absolute Gasteiger partial charge is 0.492 e. The van der Waals surface area contributed by atoms with E-state index >= 15 is 0 Å². The second kappa shape index (κ2) is 6.79. The summed E-state index contributed by atoms with van der Waals surface area (Å²) < 4.78 is 5.70. The minimum Gasteiger partial charge on any atom is -0.492 e. The summed E-state index contributed by atoms with van der Waals surface area (Å²) >= 11 is 0. The van der Waals surface area contributed by atoms with Crippen molar-refractivity contribution >= 4 is 0 Å². The van der Waals surface area contributed by atoms with E-state index in [0.29, 0.717) is 6.04 Å². The fourth-order valence-corrected chi connectivity index (χ4v) is 2.80. The van der Waals surface area contributed by atoms with E-state index in [9.17, 15) is 0 Å². The molecule has 1 aliphatic rings. The van der Waals surface area contributed by atoms with Gasteiger partial charge in [-0.15, -0.1) is 0 Å². The van der Waals surface area contributed by atoms with Gasteiger partial charge in [-0.25, -0.2) is 0 Å². The monoisotopic (exact) mass is 247 g/mol. The summed E-state index contributed by atoms with van der Waals surface area (Å²) in [6, 6.07) is 10.7. The molecule has 2 heteroatoms. The van der Waals surface area contributed by atoms with E-state index in [1.807, 2.05) is 30.3 Å². The third kappa shape index (κ3) is 3.74. The van der Waals surface area contributed by atoms with E-state index in [1.54, 1.807) is 0 Å². The normalized spacial score (nSPS) is 28.0. The summed E-state index contributed by atoms with van der Waals surface area (Å²) in [6.07, 6.45) is 4.07. The summed E-state index contributed by atoms with van der Waals surface area (Å²) in [5.41, 5.74) is 0. The molecule has 1 N–H and O–H groups in total. The van der Waals surface area contributed by atoms with Crippen LogP contribution in [0.15, 0.2) is 30.3 Å². The van der Waals surface area contributed by atoms with Crippen molar-refractivity contribution in [1.29, 1.82) is 0 Å². The number of rotatable bonds is 5. The highest BCUT2D eigenvalue weighted by Crippen LogP contribution is 2.29. The van der Waals surface area contributed by atoms with Crippen LogP contribution in [0.1, 0.15) is 33.1 Å². The first kappa shape index (κ1) is 13.4. The maximum atomic E-state index is 5.70. The minimum atomic E-state index is 0.674. The smallest absolute Gasteiger partial charge is 0.119 e. The Morgan fingerprint density at radius 1 is 1.17 bits per heavy atom. The minimum absolute atomic E-state index is 0.674. The van der Waals surface area contributed by atoms with E-state index in [1.165, 1.54) is 19.3 Å². The van der Waals surface area contributed by atoms with Gasteiger partial charge in [-0.05, 0) is 30.4 Å². The standard InChI is InChI=1S/C16H25NO/c1-13-7-6-10-16(14(13)2)17-11-12-18-15-8-4-3-5-9-15/h3-5,8-9,13-14,16-17H,6-7,10-12H2,1-2H3. The van der Waals surface area contributed by atoms with Crippen molar-refractivity contribution in [2.75, 3.05) is 13.2 Å². The van der Waals surface area contributed by atoms with Gasteiger partial charge in [0.15, 0.2) is 0 Å². The van der Waals surface area contributed by atoms with Gasteiger partial charge >= 0.3 is 0 Å². The van der Waals surface area contributed by atoms with Crippen LogP contribution in [0.2, 0.25) is 0 Å². The van der Waals surface area contributed by atoms with Crippen molar-refractivity contribution in [1.82, 2.24) is 5.32 Å². The molecule has 1 fully saturated rings. The van der Waals surface area contributed by atoms with Crippen LogP contribution >= 0.6 is 0 Å². The number of hydrogen-bond acceptors (Lipinski definition) is 2. The predicted octanol–water partition coefficient (Wildman–Crippen LogP) is 3.48. The highest BCUT2D eigenvalue weighted by Gasteiger charge is 2.26. The number of para-hydroxylation sites is 1. The molecule has 3 atom stereocenters. The van der Waals surface area contributed by atoms with Gasteiger partial charge in [-0.1, -0.05) is 44.9 Å². The zero-order chi connectivity index (χ0) is 12.8. The van der Waals surface area contributed by atoms with Crippen LogP contribution in [0.3, 0.4) is 0 Å². The van der Waals surface area contributed by atoms with Gasteiger partial charge in [-0.2, -0.15) is 0 Å². The second-order valence-electron chi connectivity index (χ2n) is 5.49. The third-order valence-electron chi connectivity index (χ3n) is 4.23. The molecule has 2 nitrogen and oxygen atoms in total. The molecule has 0 aliphatic heterocycles. The molecule has 0 spiro atoms. The summed E-state index contributed by atoms with van der Waals surface area (Å²) in [6.45, 7) is 6.44. The molecule has 2 rings (SSSR count). The van der Waals surface area contributed by atoms with Crippen LogP contribution in [0, 0.1) is 11.8 Å². The average Bonchev–Trinajstić information content (AvgIpc) is 2.40. The van der Waals surface area contributed by atoms with E-state index < -0.39 is 0 Å². The van der Waals surface area contributed by atoms with Gasteiger partial charge < -0.3 is 10.1 Å². The quantitative estimate of drug-likeness (QED) is 0.804. The van der Waals surface area contributed by atoms with Crippen molar-refractivity contribution in [2.45, 2.75) is 39.2 Å². The molecule has 0 radical (unpaired) electrons. The molecule has 0 saturated heterocycles. The van der Waals surface area contributed by atoms with Crippen molar-refractivity contribution in [2.24, 2.45) is 11.8 Å². The molecule has 1 aromatic rings. The lowest BCUT2D eigenvalue weighted by atomic mass is 9.78. The first-order chi connectivity index (χ1) is 8.77. The highest BCUT2D eigenvalue weighted by molar-refractivity contribution is 5.20. The molecule has 0 amide bonds. The highest BCUT2D eigenvalue weighted by atomic mass is 16.5. The van der Waals surface area contributed by atoms with Crippen LogP contribution in [0.25, 0.3) is 0 Å². The molecule has 0 bridgehead atoms. The Balaban J connectivity index is 1.66. The van der Waals surface area contributed by atoms with Gasteiger partial charge in [0.25, 0.3) is 0 Å². The van der Waals surface area contributed by atoms with Crippen molar-refractivity contribution < 1.29 is 4.74 Å². The zero-order valence-corrected chi connectivity index (χ0v) is 11.6. The number of benzene rings is 1. The summed E-state index contributed by atoms with van der Waals surface area (Å²) in [5.74, 6) is 2.60. The SMILES string of the molecule is CC1CCCC(NCCOc2ccccc2)C1C. The number of hydrogen-bond donors (Lipinski definition) is 1. The van der Waals surface area contributed by atoms with E-state index in [2.05, 4.69) is 19.2 Å².